The molecular formula is C30H28ClF3N2O6S. The maximum Gasteiger partial charge on any atom is 0.255 e. The smallest absolute Gasteiger partial charge is 0.255 e. The molecule has 2 unspecified atom stereocenters. The summed E-state index contributed by atoms with van der Waals surface area (Å²) in [5, 5.41) is 16.5. The first kappa shape index (κ1) is 30.8. The van der Waals surface area contributed by atoms with Crippen LogP contribution in [0.5, 0.6) is 5.75 Å². The van der Waals surface area contributed by atoms with E-state index in [0.717, 1.165) is 11.6 Å². The van der Waals surface area contributed by atoms with Gasteiger partial charge in [-0.15, -0.1) is 0 Å². The molecule has 0 aromatic heterocycles. The number of carbonyl (C=O) groups is 1. The number of benzene rings is 3. The molecule has 228 valence electrons. The normalized spacial score (nSPS) is 23.3. The number of nitrogens with one attached hydrogen (secondary N) is 1. The Bertz CT molecular complexity index is 1630. The number of ether oxygens (including phenoxy) is 1. The van der Waals surface area contributed by atoms with Crippen LogP contribution >= 0.6 is 11.6 Å². The Morgan fingerprint density at radius 1 is 1.07 bits per heavy atom. The zero-order valence-electron chi connectivity index (χ0n) is 22.9. The van der Waals surface area contributed by atoms with Gasteiger partial charge in [0.25, 0.3) is 5.91 Å². The highest BCUT2D eigenvalue weighted by Crippen LogP contribution is 2.51. The second kappa shape index (κ2) is 12.2. The summed E-state index contributed by atoms with van der Waals surface area (Å²) in [6, 6.07) is 12.1. The topological polar surface area (TPSA) is 114 Å². The van der Waals surface area contributed by atoms with Gasteiger partial charge in [-0.3, -0.25) is 4.79 Å². The van der Waals surface area contributed by atoms with Gasteiger partial charge in [0.1, 0.15) is 18.0 Å². The molecule has 4 atom stereocenters. The quantitative estimate of drug-likeness (QED) is 0.171. The maximum absolute atomic E-state index is 13.9. The Labute approximate surface area is 251 Å². The van der Waals surface area contributed by atoms with Gasteiger partial charge in [-0.25, -0.2) is 21.6 Å². The highest BCUT2D eigenvalue weighted by molar-refractivity contribution is 7.92. The Kier molecular flexibility index (Phi) is 8.73. The van der Waals surface area contributed by atoms with Crippen LogP contribution in [0.1, 0.15) is 41.6 Å². The maximum atomic E-state index is 13.9. The molecule has 43 heavy (non-hydrogen) atoms. The molecule has 2 saturated carbocycles. The van der Waals surface area contributed by atoms with Crippen molar-refractivity contribution in [1.82, 2.24) is 0 Å². The predicted octanol–water partition coefficient (Wildman–Crippen LogP) is 5.91. The van der Waals surface area contributed by atoms with Crippen molar-refractivity contribution >= 4 is 39.2 Å². The fraction of sp³-hybridized carbons (Fsp3) is 0.333. The van der Waals surface area contributed by atoms with E-state index in [1.807, 2.05) is 12.1 Å². The molecule has 1 amide bonds. The lowest BCUT2D eigenvalue weighted by Crippen LogP contribution is -2.47. The van der Waals surface area contributed by atoms with Gasteiger partial charge in [0.2, 0.25) is 0 Å². The molecule has 0 spiro atoms. The summed E-state index contributed by atoms with van der Waals surface area (Å²) in [6.07, 6.45) is 2.74. The number of carbonyl (C=O) groups excluding carboxylic acids is 1. The average molecular weight is 637 g/mol. The van der Waals surface area contributed by atoms with E-state index < -0.39 is 55.9 Å². The Balaban J connectivity index is 1.29. The van der Waals surface area contributed by atoms with Crippen molar-refractivity contribution in [2.45, 2.75) is 48.0 Å². The number of hydrogen-bond acceptors (Lipinski definition) is 7. The van der Waals surface area contributed by atoms with Gasteiger partial charge in [-0.1, -0.05) is 28.9 Å². The molecule has 2 aliphatic carbocycles. The lowest BCUT2D eigenvalue weighted by atomic mass is 9.78. The van der Waals surface area contributed by atoms with E-state index in [-0.39, 0.29) is 40.6 Å². The zero-order valence-corrected chi connectivity index (χ0v) is 24.5. The summed E-state index contributed by atoms with van der Waals surface area (Å²) in [7, 11) is -2.50. The molecule has 2 aliphatic rings. The van der Waals surface area contributed by atoms with Crippen LogP contribution in [0.4, 0.5) is 18.9 Å². The first-order valence-corrected chi connectivity index (χ1v) is 15.3. The number of sulfone groups is 1. The minimum atomic E-state index is -4.07. The van der Waals surface area contributed by atoms with Crippen molar-refractivity contribution in [3.05, 3.63) is 88.2 Å². The van der Waals surface area contributed by atoms with Crippen LogP contribution in [0.25, 0.3) is 0 Å². The zero-order chi connectivity index (χ0) is 30.9. The van der Waals surface area contributed by atoms with Crippen molar-refractivity contribution < 1.29 is 41.1 Å². The van der Waals surface area contributed by atoms with Crippen molar-refractivity contribution in [3.63, 3.8) is 0 Å². The van der Waals surface area contributed by atoms with Crippen LogP contribution in [-0.4, -0.2) is 43.6 Å². The van der Waals surface area contributed by atoms with E-state index in [4.69, 9.17) is 21.2 Å². The number of nitrogens with zero attached hydrogens (tertiary/aromatic N) is 1. The molecule has 0 aliphatic heterocycles. The van der Waals surface area contributed by atoms with Crippen molar-refractivity contribution in [2.24, 2.45) is 17.0 Å². The van der Waals surface area contributed by atoms with Gasteiger partial charge in [-0.2, -0.15) is 0 Å². The summed E-state index contributed by atoms with van der Waals surface area (Å²) in [6.45, 7) is 0.174. The van der Waals surface area contributed by atoms with Crippen molar-refractivity contribution in [1.29, 1.82) is 0 Å². The van der Waals surface area contributed by atoms with Crippen LogP contribution in [0.2, 0.25) is 5.02 Å². The Morgan fingerprint density at radius 2 is 1.70 bits per heavy atom. The number of amides is 1. The van der Waals surface area contributed by atoms with Gasteiger partial charge < -0.3 is 20.0 Å². The van der Waals surface area contributed by atoms with Gasteiger partial charge in [0.05, 0.1) is 28.5 Å². The number of hydrogen-bond donors (Lipinski definition) is 2. The van der Waals surface area contributed by atoms with E-state index in [1.54, 1.807) is 19.2 Å². The van der Waals surface area contributed by atoms with Crippen LogP contribution in [0.15, 0.2) is 64.6 Å². The molecule has 5 rings (SSSR count). The third-order valence-corrected chi connectivity index (χ3v) is 10.8. The van der Waals surface area contributed by atoms with Crippen LogP contribution in [0, 0.1) is 29.3 Å². The molecule has 0 radical (unpaired) electrons. The van der Waals surface area contributed by atoms with Crippen LogP contribution < -0.4 is 10.1 Å². The summed E-state index contributed by atoms with van der Waals surface area (Å²) in [5.41, 5.74) is -0.985. The summed E-state index contributed by atoms with van der Waals surface area (Å²) < 4.78 is 73.4. The molecule has 3 aromatic rings. The highest BCUT2D eigenvalue weighted by Gasteiger charge is 2.54. The van der Waals surface area contributed by atoms with E-state index in [2.05, 4.69) is 10.5 Å². The van der Waals surface area contributed by atoms with E-state index in [9.17, 15) is 31.5 Å². The van der Waals surface area contributed by atoms with Crippen molar-refractivity contribution in [2.75, 3.05) is 12.4 Å². The molecule has 8 nitrogen and oxygen atoms in total. The van der Waals surface area contributed by atoms with Gasteiger partial charge in [0.15, 0.2) is 27.3 Å². The minimum absolute atomic E-state index is 0.0934. The van der Waals surface area contributed by atoms with E-state index >= 15 is 0 Å². The fourth-order valence-electron chi connectivity index (χ4n) is 5.99. The summed E-state index contributed by atoms with van der Waals surface area (Å²) >= 11 is 6.30. The largest absolute Gasteiger partial charge is 0.497 e. The average Bonchev–Trinajstić information content (AvgIpc) is 3.27. The molecule has 0 saturated heterocycles. The number of anilines is 1. The fourth-order valence-corrected chi connectivity index (χ4v) is 8.83. The second-order valence-electron chi connectivity index (χ2n) is 10.8. The van der Waals surface area contributed by atoms with Gasteiger partial charge in [-0.05, 0) is 73.4 Å². The molecule has 13 heteroatoms. The highest BCUT2D eigenvalue weighted by atomic mass is 35.5. The Morgan fingerprint density at radius 3 is 2.30 bits per heavy atom. The first-order chi connectivity index (χ1) is 20.4. The van der Waals surface area contributed by atoms with Crippen molar-refractivity contribution in [3.8, 4) is 5.75 Å². The number of oxime groups is 1. The van der Waals surface area contributed by atoms with Gasteiger partial charge in [0, 0.05) is 23.4 Å². The third-order valence-electron chi connectivity index (χ3n) is 7.93. The third kappa shape index (κ3) is 6.51. The molecule has 2 bridgehead atoms. The summed E-state index contributed by atoms with van der Waals surface area (Å²) in [4.78, 5) is 17.9. The number of rotatable bonds is 9. The molecule has 3 aromatic carbocycles. The lowest BCUT2D eigenvalue weighted by Gasteiger charge is -2.38. The Hall–Kier alpha value is -3.61. The van der Waals surface area contributed by atoms with Gasteiger partial charge >= 0.3 is 0 Å². The molecule has 2 N–H and O–H groups in total. The van der Waals surface area contributed by atoms with E-state index in [1.165, 1.54) is 18.3 Å². The monoisotopic (exact) mass is 636 g/mol. The standard InChI is InChI=1S/C30H28ClF3N2O6S/c1-41-22-7-2-17(3-8-22)15-42-35-16-30(38)13-19-4-5-20(14-30)28(19)43(39,40)26-10-18(6-9-23(26)31)29(37)36-21-11-24(32)27(34)25(33)12-21/h2-3,6-12,16,19-20,28,38H,4-5,13-15H2,1H3,(H,36,37)/b35-16+/t19-,20?,28?,30-/m0/s1. The number of halogens is 4. The summed E-state index contributed by atoms with van der Waals surface area (Å²) in [5.74, 6) is -5.63. The SMILES string of the molecule is COc1ccc(CO/N=C/[C@@]2(O)CC3CC[C@@H](C2)C3S(=O)(=O)c2cc(C(=O)Nc3cc(F)c(F)c(F)c3)ccc2Cl)cc1. The minimum Gasteiger partial charge on any atom is -0.497 e. The number of aliphatic hydroxyl groups is 1. The number of fused-ring (bicyclic) bond motifs is 2. The molecule has 0 heterocycles. The molecule has 2 fully saturated rings. The first-order valence-electron chi connectivity index (χ1n) is 13.4. The molecular weight excluding hydrogens is 609 g/mol. The predicted molar refractivity (Wildman–Crippen MR) is 153 cm³/mol. The van der Waals surface area contributed by atoms with Crippen LogP contribution in [0.3, 0.4) is 0 Å². The van der Waals surface area contributed by atoms with Crippen LogP contribution in [-0.2, 0) is 21.3 Å². The number of methoxy groups -OCH3 is 1. The second-order valence-corrected chi connectivity index (χ2v) is 13.3. The van der Waals surface area contributed by atoms with E-state index in [0.29, 0.717) is 30.7 Å². The lowest BCUT2D eigenvalue weighted by molar-refractivity contribution is 0.0411.